The third-order valence-corrected chi connectivity index (χ3v) is 3.14. The molecular weight excluding hydrogens is 285 g/mol. The lowest BCUT2D eigenvalue weighted by atomic mass is 9.96. The molecule has 5 heteroatoms. The predicted octanol–water partition coefficient (Wildman–Crippen LogP) is 3.17. The van der Waals surface area contributed by atoms with E-state index in [0.29, 0.717) is 11.1 Å². The molecule has 0 saturated heterocycles. The summed E-state index contributed by atoms with van der Waals surface area (Å²) in [7, 11) is 0. The lowest BCUT2D eigenvalue weighted by molar-refractivity contribution is -0.145. The van der Waals surface area contributed by atoms with Crippen LogP contribution in [0.2, 0.25) is 0 Å². The van der Waals surface area contributed by atoms with Gasteiger partial charge < -0.3 is 4.74 Å². The van der Waals surface area contributed by atoms with Crippen molar-refractivity contribution in [3.05, 3.63) is 65.7 Å². The van der Waals surface area contributed by atoms with Crippen LogP contribution in [0.5, 0.6) is 0 Å². The molecule has 0 aliphatic carbocycles. The van der Waals surface area contributed by atoms with Gasteiger partial charge in [0.2, 0.25) is 0 Å². The van der Waals surface area contributed by atoms with Crippen LogP contribution >= 0.6 is 0 Å². The molecule has 1 aromatic carbocycles. The van der Waals surface area contributed by atoms with Crippen molar-refractivity contribution in [1.29, 1.82) is 0 Å². The van der Waals surface area contributed by atoms with Crippen molar-refractivity contribution < 1.29 is 18.7 Å². The van der Waals surface area contributed by atoms with Crippen LogP contribution in [0, 0.1) is 11.7 Å². The van der Waals surface area contributed by atoms with Crippen LogP contribution in [0.1, 0.15) is 29.3 Å². The second kappa shape index (κ2) is 7.45. The van der Waals surface area contributed by atoms with E-state index in [2.05, 4.69) is 4.98 Å². The van der Waals surface area contributed by atoms with Gasteiger partial charge in [0.1, 0.15) is 12.4 Å². The summed E-state index contributed by atoms with van der Waals surface area (Å²) in [5, 5.41) is 0. The van der Waals surface area contributed by atoms with Gasteiger partial charge in [-0.05, 0) is 6.07 Å². The zero-order valence-corrected chi connectivity index (χ0v) is 12.2. The maximum atomic E-state index is 12.9. The molecule has 1 heterocycles. The summed E-state index contributed by atoms with van der Waals surface area (Å²) in [5.74, 6) is -1.56. The van der Waals surface area contributed by atoms with Crippen molar-refractivity contribution in [2.75, 3.05) is 0 Å². The van der Waals surface area contributed by atoms with Crippen LogP contribution in [-0.4, -0.2) is 16.7 Å². The fourth-order valence-electron chi connectivity index (χ4n) is 1.99. The number of hydrogen-bond donors (Lipinski definition) is 0. The van der Waals surface area contributed by atoms with E-state index in [0.717, 1.165) is 6.20 Å². The van der Waals surface area contributed by atoms with Gasteiger partial charge in [-0.1, -0.05) is 37.3 Å². The number of carbonyl (C=O) groups is 2. The first kappa shape index (κ1) is 15.8. The van der Waals surface area contributed by atoms with Crippen LogP contribution in [0.4, 0.5) is 4.39 Å². The summed E-state index contributed by atoms with van der Waals surface area (Å²) in [6.45, 7) is 1.62. The zero-order chi connectivity index (χ0) is 15.9. The van der Waals surface area contributed by atoms with E-state index in [1.165, 1.54) is 12.3 Å². The van der Waals surface area contributed by atoms with Gasteiger partial charge in [-0.15, -0.1) is 0 Å². The number of Topliss-reactive ketones (excluding diaryl/α,β-unsaturated/α-hetero) is 1. The van der Waals surface area contributed by atoms with Crippen LogP contribution in [0.15, 0.2) is 48.8 Å². The molecule has 2 rings (SSSR count). The molecule has 0 radical (unpaired) electrons. The Bertz CT molecular complexity index is 658. The highest BCUT2D eigenvalue weighted by Gasteiger charge is 2.19. The Morgan fingerprint density at radius 1 is 1.23 bits per heavy atom. The summed E-state index contributed by atoms with van der Waals surface area (Å²) in [4.78, 5) is 27.6. The van der Waals surface area contributed by atoms with E-state index in [4.69, 9.17) is 4.74 Å². The van der Waals surface area contributed by atoms with Gasteiger partial charge in [0.15, 0.2) is 5.78 Å². The Hall–Kier alpha value is -2.56. The van der Waals surface area contributed by atoms with Gasteiger partial charge in [0, 0.05) is 23.2 Å². The van der Waals surface area contributed by atoms with Crippen molar-refractivity contribution in [2.24, 2.45) is 5.92 Å². The van der Waals surface area contributed by atoms with Crippen molar-refractivity contribution in [2.45, 2.75) is 20.0 Å². The first-order valence-corrected chi connectivity index (χ1v) is 6.90. The van der Waals surface area contributed by atoms with Crippen molar-refractivity contribution in [1.82, 2.24) is 4.98 Å². The van der Waals surface area contributed by atoms with E-state index in [9.17, 15) is 14.0 Å². The van der Waals surface area contributed by atoms with E-state index >= 15 is 0 Å². The predicted molar refractivity (Wildman–Crippen MR) is 78.5 cm³/mol. The second-order valence-corrected chi connectivity index (χ2v) is 5.01. The molecule has 22 heavy (non-hydrogen) atoms. The van der Waals surface area contributed by atoms with Crippen LogP contribution < -0.4 is 0 Å². The third-order valence-electron chi connectivity index (χ3n) is 3.14. The quantitative estimate of drug-likeness (QED) is 0.607. The minimum atomic E-state index is -0.499. The molecule has 114 valence electrons. The average Bonchev–Trinajstić information content (AvgIpc) is 2.53. The first-order valence-electron chi connectivity index (χ1n) is 6.90. The van der Waals surface area contributed by atoms with E-state index in [1.807, 2.05) is 6.07 Å². The molecular formula is C17H16FNO3. The minimum absolute atomic E-state index is 0.0174. The number of benzene rings is 1. The number of aromatic nitrogens is 1. The number of esters is 1. The minimum Gasteiger partial charge on any atom is -0.461 e. The van der Waals surface area contributed by atoms with Gasteiger partial charge >= 0.3 is 5.97 Å². The largest absolute Gasteiger partial charge is 0.461 e. The average molecular weight is 301 g/mol. The zero-order valence-electron chi connectivity index (χ0n) is 12.2. The van der Waals surface area contributed by atoms with E-state index < -0.39 is 17.7 Å². The topological polar surface area (TPSA) is 56.3 Å². The lowest BCUT2D eigenvalue weighted by Gasteiger charge is -2.10. The SMILES string of the molecule is CC(CC(=O)OCc1cncc(F)c1)C(=O)c1ccccc1. The summed E-state index contributed by atoms with van der Waals surface area (Å²) >= 11 is 0. The smallest absolute Gasteiger partial charge is 0.306 e. The van der Waals surface area contributed by atoms with Gasteiger partial charge in [-0.2, -0.15) is 0 Å². The number of nitrogens with zero attached hydrogens (tertiary/aromatic N) is 1. The van der Waals surface area contributed by atoms with E-state index in [1.54, 1.807) is 31.2 Å². The molecule has 1 unspecified atom stereocenters. The Balaban J connectivity index is 1.85. The third kappa shape index (κ3) is 4.48. The highest BCUT2D eigenvalue weighted by Crippen LogP contribution is 2.13. The maximum absolute atomic E-state index is 12.9. The van der Waals surface area contributed by atoms with Crippen molar-refractivity contribution in [3.8, 4) is 0 Å². The number of rotatable bonds is 6. The number of ketones is 1. The van der Waals surface area contributed by atoms with E-state index in [-0.39, 0.29) is 18.8 Å². The lowest BCUT2D eigenvalue weighted by Crippen LogP contribution is -2.17. The standard InChI is InChI=1S/C17H16FNO3/c1-12(17(21)14-5-3-2-4-6-14)7-16(20)22-11-13-8-15(18)10-19-9-13/h2-6,8-10,12H,7,11H2,1H3. The highest BCUT2D eigenvalue weighted by atomic mass is 19.1. The molecule has 1 aromatic heterocycles. The molecule has 0 saturated carbocycles. The molecule has 1 atom stereocenters. The molecule has 0 fully saturated rings. The van der Waals surface area contributed by atoms with Gasteiger partial charge in [-0.25, -0.2) is 4.39 Å². The normalized spacial score (nSPS) is 11.7. The number of ether oxygens (including phenoxy) is 1. The number of hydrogen-bond acceptors (Lipinski definition) is 4. The molecule has 0 amide bonds. The van der Waals surface area contributed by atoms with Gasteiger partial charge in [-0.3, -0.25) is 14.6 Å². The summed E-state index contributed by atoms with van der Waals surface area (Å²) in [5.41, 5.74) is 1.03. The second-order valence-electron chi connectivity index (χ2n) is 5.01. The Kier molecular flexibility index (Phi) is 5.36. The molecule has 2 aromatic rings. The van der Waals surface area contributed by atoms with Crippen molar-refractivity contribution in [3.63, 3.8) is 0 Å². The van der Waals surface area contributed by atoms with Crippen LogP contribution in [-0.2, 0) is 16.1 Å². The number of carbonyl (C=O) groups excluding carboxylic acids is 2. The summed E-state index contributed by atoms with van der Waals surface area (Å²) < 4.78 is 18.0. The monoisotopic (exact) mass is 301 g/mol. The highest BCUT2D eigenvalue weighted by molar-refractivity contribution is 5.99. The molecule has 0 N–H and O–H groups in total. The summed E-state index contributed by atoms with van der Waals surface area (Å²) in [6.07, 6.45) is 2.48. The molecule has 0 spiro atoms. The summed E-state index contributed by atoms with van der Waals surface area (Å²) in [6, 6.07) is 10.0. The molecule has 0 aliphatic rings. The van der Waals surface area contributed by atoms with Crippen LogP contribution in [0.25, 0.3) is 0 Å². The molecule has 4 nitrogen and oxygen atoms in total. The van der Waals surface area contributed by atoms with Gasteiger partial charge in [0.05, 0.1) is 12.6 Å². The Morgan fingerprint density at radius 3 is 2.64 bits per heavy atom. The first-order chi connectivity index (χ1) is 10.6. The number of pyridine rings is 1. The maximum Gasteiger partial charge on any atom is 0.306 e. The fraction of sp³-hybridized carbons (Fsp3) is 0.235. The van der Waals surface area contributed by atoms with Crippen LogP contribution in [0.3, 0.4) is 0 Å². The van der Waals surface area contributed by atoms with Crippen molar-refractivity contribution >= 4 is 11.8 Å². The van der Waals surface area contributed by atoms with Gasteiger partial charge in [0.25, 0.3) is 0 Å². The molecule has 0 aliphatic heterocycles. The Morgan fingerprint density at radius 2 is 1.95 bits per heavy atom. The molecule has 0 bridgehead atoms. The fourth-order valence-corrected chi connectivity index (χ4v) is 1.99. The number of halogens is 1. The Labute approximate surface area is 127 Å².